The Labute approximate surface area is 167 Å². The van der Waals surface area contributed by atoms with E-state index < -0.39 is 15.8 Å². The third-order valence-corrected chi connectivity index (χ3v) is 6.77. The molecule has 3 rings (SSSR count). The van der Waals surface area contributed by atoms with Gasteiger partial charge in [-0.3, -0.25) is 4.90 Å². The third kappa shape index (κ3) is 5.40. The van der Waals surface area contributed by atoms with Gasteiger partial charge in [0.2, 0.25) is 10.0 Å². The van der Waals surface area contributed by atoms with Gasteiger partial charge in [-0.15, -0.1) is 0 Å². The molecular weight excluding hydrogens is 375 g/mol. The normalized spacial score (nSPS) is 18.1. The highest BCUT2D eigenvalue weighted by atomic mass is 32.2. The molecule has 0 bridgehead atoms. The Kier molecular flexibility index (Phi) is 6.53. The van der Waals surface area contributed by atoms with Crippen LogP contribution in [0, 0.1) is 18.7 Å². The first kappa shape index (κ1) is 21.0. The maximum Gasteiger partial charge on any atom is 0.241 e. The standard InChI is InChI=1S/C22H29FN2O2S/c1-16(2)12-18-5-7-19(8-6-18)14-25-11-10-21(15-25)24-28(26,27)22-13-20(23)9-4-17(22)3/h4-9,13,16,21,24H,10-12,14-15H2,1-3H3/t21-/m1/s1. The molecule has 1 fully saturated rings. The fraction of sp³-hybridized carbons (Fsp3) is 0.455. The molecule has 1 aliphatic rings. The first-order chi connectivity index (χ1) is 13.2. The number of likely N-dealkylation sites (tertiary alicyclic amines) is 1. The monoisotopic (exact) mass is 404 g/mol. The van der Waals surface area contributed by atoms with Crippen molar-refractivity contribution < 1.29 is 12.8 Å². The zero-order valence-electron chi connectivity index (χ0n) is 16.8. The predicted molar refractivity (Wildman–Crippen MR) is 110 cm³/mol. The summed E-state index contributed by atoms with van der Waals surface area (Å²) in [5.74, 6) is 0.0971. The van der Waals surface area contributed by atoms with E-state index in [1.165, 1.54) is 23.3 Å². The number of benzene rings is 2. The number of hydrogen-bond acceptors (Lipinski definition) is 3. The molecule has 1 heterocycles. The van der Waals surface area contributed by atoms with Gasteiger partial charge in [-0.1, -0.05) is 44.2 Å². The first-order valence-electron chi connectivity index (χ1n) is 9.81. The van der Waals surface area contributed by atoms with Crippen molar-refractivity contribution in [2.45, 2.75) is 51.1 Å². The lowest BCUT2D eigenvalue weighted by Gasteiger charge is -2.18. The molecule has 0 amide bonds. The molecule has 1 N–H and O–H groups in total. The Hall–Kier alpha value is -1.76. The summed E-state index contributed by atoms with van der Waals surface area (Å²) in [4.78, 5) is 2.27. The lowest BCUT2D eigenvalue weighted by Crippen LogP contribution is -2.37. The fourth-order valence-electron chi connectivity index (χ4n) is 3.73. The zero-order valence-corrected chi connectivity index (χ0v) is 17.6. The Balaban J connectivity index is 1.58. The summed E-state index contributed by atoms with van der Waals surface area (Å²) >= 11 is 0. The quantitative estimate of drug-likeness (QED) is 0.762. The van der Waals surface area contributed by atoms with Crippen LogP contribution in [0.4, 0.5) is 4.39 Å². The van der Waals surface area contributed by atoms with Crippen molar-refractivity contribution in [3.63, 3.8) is 0 Å². The Morgan fingerprint density at radius 2 is 1.82 bits per heavy atom. The van der Waals surface area contributed by atoms with Gasteiger partial charge in [0.1, 0.15) is 5.82 Å². The van der Waals surface area contributed by atoms with Crippen molar-refractivity contribution in [3.05, 3.63) is 65.0 Å². The summed E-state index contributed by atoms with van der Waals surface area (Å²) in [6.07, 6.45) is 1.83. The summed E-state index contributed by atoms with van der Waals surface area (Å²) in [7, 11) is -3.73. The molecule has 2 aromatic rings. The van der Waals surface area contributed by atoms with Crippen LogP contribution >= 0.6 is 0 Å². The summed E-state index contributed by atoms with van der Waals surface area (Å²) in [5, 5.41) is 0. The maximum absolute atomic E-state index is 13.5. The molecule has 0 radical (unpaired) electrons. The molecular formula is C22H29FN2O2S. The molecule has 1 aliphatic heterocycles. The van der Waals surface area contributed by atoms with Crippen molar-refractivity contribution in [2.75, 3.05) is 13.1 Å². The second-order valence-corrected chi connectivity index (χ2v) is 9.85. The highest BCUT2D eigenvalue weighted by Gasteiger charge is 2.28. The molecule has 152 valence electrons. The number of aryl methyl sites for hydroxylation is 1. The molecule has 1 saturated heterocycles. The first-order valence-corrected chi connectivity index (χ1v) is 11.3. The van der Waals surface area contributed by atoms with E-state index in [1.807, 2.05) is 0 Å². The van der Waals surface area contributed by atoms with Crippen molar-refractivity contribution >= 4 is 10.0 Å². The smallest absolute Gasteiger partial charge is 0.241 e. The van der Waals surface area contributed by atoms with Crippen LogP contribution in [0.25, 0.3) is 0 Å². The molecule has 0 unspecified atom stereocenters. The average Bonchev–Trinajstić information content (AvgIpc) is 3.04. The van der Waals surface area contributed by atoms with Gasteiger partial charge in [0, 0.05) is 25.7 Å². The van der Waals surface area contributed by atoms with Gasteiger partial charge in [-0.2, -0.15) is 0 Å². The SMILES string of the molecule is Cc1ccc(F)cc1S(=O)(=O)N[C@@H]1CCN(Cc2ccc(CC(C)C)cc2)C1. The van der Waals surface area contributed by atoms with E-state index in [2.05, 4.69) is 47.7 Å². The second kappa shape index (κ2) is 8.72. The van der Waals surface area contributed by atoms with Crippen molar-refractivity contribution in [2.24, 2.45) is 5.92 Å². The van der Waals surface area contributed by atoms with E-state index in [0.29, 0.717) is 18.0 Å². The van der Waals surface area contributed by atoms with E-state index in [-0.39, 0.29) is 10.9 Å². The van der Waals surface area contributed by atoms with Crippen molar-refractivity contribution in [1.82, 2.24) is 9.62 Å². The number of nitrogens with zero attached hydrogens (tertiary/aromatic N) is 1. The van der Waals surface area contributed by atoms with Crippen LogP contribution in [0.2, 0.25) is 0 Å². The minimum absolute atomic E-state index is 0.0201. The van der Waals surface area contributed by atoms with Gasteiger partial charge in [0.05, 0.1) is 4.90 Å². The molecule has 28 heavy (non-hydrogen) atoms. The number of sulfonamides is 1. The summed E-state index contributed by atoms with van der Waals surface area (Å²) in [6.45, 7) is 8.40. The molecule has 1 atom stereocenters. The summed E-state index contributed by atoms with van der Waals surface area (Å²) in [6, 6.07) is 12.4. The molecule has 0 saturated carbocycles. The highest BCUT2D eigenvalue weighted by molar-refractivity contribution is 7.89. The highest BCUT2D eigenvalue weighted by Crippen LogP contribution is 2.20. The number of halogens is 1. The average molecular weight is 405 g/mol. The molecule has 2 aromatic carbocycles. The van der Waals surface area contributed by atoms with E-state index in [4.69, 9.17) is 0 Å². The predicted octanol–water partition coefficient (Wildman–Crippen LogP) is 3.89. The van der Waals surface area contributed by atoms with Gasteiger partial charge in [0.15, 0.2) is 0 Å². The molecule has 4 nitrogen and oxygen atoms in total. The number of rotatable bonds is 7. The Bertz CT molecular complexity index is 911. The van der Waals surface area contributed by atoms with Crippen LogP contribution < -0.4 is 4.72 Å². The zero-order chi connectivity index (χ0) is 20.3. The lowest BCUT2D eigenvalue weighted by atomic mass is 10.0. The largest absolute Gasteiger partial charge is 0.297 e. The molecule has 0 aromatic heterocycles. The lowest BCUT2D eigenvalue weighted by molar-refractivity contribution is 0.324. The Morgan fingerprint density at radius 1 is 1.14 bits per heavy atom. The third-order valence-electron chi connectivity index (χ3n) is 5.11. The van der Waals surface area contributed by atoms with Gasteiger partial charge in [-0.25, -0.2) is 17.5 Å². The van der Waals surface area contributed by atoms with E-state index in [1.54, 1.807) is 6.92 Å². The maximum atomic E-state index is 13.5. The number of nitrogens with one attached hydrogen (secondary N) is 1. The molecule has 0 aliphatic carbocycles. The van der Waals surface area contributed by atoms with Crippen LogP contribution in [0.5, 0.6) is 0 Å². The van der Waals surface area contributed by atoms with Crippen LogP contribution in [0.15, 0.2) is 47.4 Å². The fourth-order valence-corrected chi connectivity index (χ4v) is 5.25. The van der Waals surface area contributed by atoms with Gasteiger partial charge in [0.25, 0.3) is 0 Å². The summed E-state index contributed by atoms with van der Waals surface area (Å²) < 4.78 is 41.6. The van der Waals surface area contributed by atoms with Crippen LogP contribution in [-0.2, 0) is 23.0 Å². The van der Waals surface area contributed by atoms with Crippen LogP contribution in [0.1, 0.15) is 37.0 Å². The minimum Gasteiger partial charge on any atom is -0.297 e. The minimum atomic E-state index is -3.73. The topological polar surface area (TPSA) is 49.4 Å². The molecule has 6 heteroatoms. The van der Waals surface area contributed by atoms with Crippen LogP contribution in [0.3, 0.4) is 0 Å². The van der Waals surface area contributed by atoms with Gasteiger partial charge < -0.3 is 0 Å². The second-order valence-electron chi connectivity index (χ2n) is 8.17. The van der Waals surface area contributed by atoms with Crippen molar-refractivity contribution in [3.8, 4) is 0 Å². The van der Waals surface area contributed by atoms with Gasteiger partial charge in [-0.05, 0) is 54.5 Å². The van der Waals surface area contributed by atoms with Crippen LogP contribution in [-0.4, -0.2) is 32.4 Å². The Morgan fingerprint density at radius 3 is 2.50 bits per heavy atom. The molecule has 0 spiro atoms. The van der Waals surface area contributed by atoms with Gasteiger partial charge >= 0.3 is 0 Å². The van der Waals surface area contributed by atoms with E-state index >= 15 is 0 Å². The van der Waals surface area contributed by atoms with Crippen molar-refractivity contribution in [1.29, 1.82) is 0 Å². The number of hydrogen-bond donors (Lipinski definition) is 1. The summed E-state index contributed by atoms with van der Waals surface area (Å²) in [5.41, 5.74) is 3.12. The van der Waals surface area contributed by atoms with E-state index in [9.17, 15) is 12.8 Å². The van der Waals surface area contributed by atoms with E-state index in [0.717, 1.165) is 32.0 Å².